The first-order valence-electron chi connectivity index (χ1n) is 3.02. The SMILES string of the molecule is C1=NNCN1N1C=NNC1. The van der Waals surface area contributed by atoms with E-state index in [2.05, 4.69) is 21.1 Å². The van der Waals surface area contributed by atoms with Gasteiger partial charge in [-0.15, -0.1) is 0 Å². The highest BCUT2D eigenvalue weighted by molar-refractivity contribution is 5.63. The zero-order chi connectivity index (χ0) is 6.81. The van der Waals surface area contributed by atoms with E-state index in [1.807, 2.05) is 10.0 Å². The van der Waals surface area contributed by atoms with Gasteiger partial charge in [-0.25, -0.2) is 10.0 Å². The summed E-state index contributed by atoms with van der Waals surface area (Å²) in [6.45, 7) is 1.43. The Balaban J connectivity index is 1.98. The van der Waals surface area contributed by atoms with Gasteiger partial charge < -0.3 is 0 Å². The molecule has 0 radical (unpaired) electrons. The maximum absolute atomic E-state index is 3.83. The summed E-state index contributed by atoms with van der Waals surface area (Å²) >= 11 is 0. The molecule has 0 saturated heterocycles. The molecule has 0 atom stereocenters. The van der Waals surface area contributed by atoms with Gasteiger partial charge in [-0.3, -0.25) is 10.9 Å². The maximum atomic E-state index is 3.83. The fourth-order valence-electron chi connectivity index (χ4n) is 0.837. The van der Waals surface area contributed by atoms with Crippen molar-refractivity contribution < 1.29 is 0 Å². The van der Waals surface area contributed by atoms with Gasteiger partial charge in [0.15, 0.2) is 0 Å². The number of rotatable bonds is 1. The number of hydrogen-bond acceptors (Lipinski definition) is 6. The Hall–Kier alpha value is -1.46. The molecule has 54 valence electrons. The van der Waals surface area contributed by atoms with Gasteiger partial charge >= 0.3 is 0 Å². The fourth-order valence-corrected chi connectivity index (χ4v) is 0.837. The zero-order valence-electron chi connectivity index (χ0n) is 5.36. The first-order valence-corrected chi connectivity index (χ1v) is 3.02. The molecule has 0 aliphatic carbocycles. The van der Waals surface area contributed by atoms with Gasteiger partial charge in [-0.2, -0.15) is 10.2 Å². The van der Waals surface area contributed by atoms with Gasteiger partial charge in [-0.05, 0) is 0 Å². The minimum absolute atomic E-state index is 0.716. The Bertz CT molecular complexity index is 155. The molecule has 10 heavy (non-hydrogen) atoms. The summed E-state index contributed by atoms with van der Waals surface area (Å²) < 4.78 is 0. The minimum atomic E-state index is 0.716. The Kier molecular flexibility index (Phi) is 1.09. The van der Waals surface area contributed by atoms with Crippen LogP contribution in [0.3, 0.4) is 0 Å². The Morgan fingerprint density at radius 3 is 1.80 bits per heavy atom. The van der Waals surface area contributed by atoms with Crippen LogP contribution >= 0.6 is 0 Å². The summed E-state index contributed by atoms with van der Waals surface area (Å²) in [5.41, 5.74) is 5.63. The van der Waals surface area contributed by atoms with Gasteiger partial charge in [0.05, 0.1) is 0 Å². The van der Waals surface area contributed by atoms with Crippen molar-refractivity contribution in [3.63, 3.8) is 0 Å². The first-order chi connectivity index (χ1) is 4.97. The van der Waals surface area contributed by atoms with Crippen LogP contribution in [0.1, 0.15) is 0 Å². The maximum Gasteiger partial charge on any atom is 0.132 e. The second kappa shape index (κ2) is 2.05. The van der Waals surface area contributed by atoms with E-state index in [1.165, 1.54) is 0 Å². The van der Waals surface area contributed by atoms with Crippen LogP contribution in [0.4, 0.5) is 0 Å². The first kappa shape index (κ1) is 5.33. The second-order valence-electron chi connectivity index (χ2n) is 2.00. The average Bonchev–Trinajstić information content (AvgIpc) is 2.59. The molecule has 0 aromatic carbocycles. The molecule has 2 aliphatic heterocycles. The van der Waals surface area contributed by atoms with E-state index in [1.54, 1.807) is 12.7 Å². The Morgan fingerprint density at radius 1 is 1.00 bits per heavy atom. The van der Waals surface area contributed by atoms with Crippen molar-refractivity contribution in [2.24, 2.45) is 10.2 Å². The predicted molar refractivity (Wildman–Crippen MR) is 36.7 cm³/mol. The van der Waals surface area contributed by atoms with Crippen LogP contribution in [-0.4, -0.2) is 36.0 Å². The molecule has 0 fully saturated rings. The number of hydrazone groups is 2. The Labute approximate surface area is 58.1 Å². The summed E-state index contributed by atoms with van der Waals surface area (Å²) in [4.78, 5) is 0. The quantitative estimate of drug-likeness (QED) is 0.466. The molecule has 0 aromatic heterocycles. The van der Waals surface area contributed by atoms with E-state index in [4.69, 9.17) is 0 Å². The molecule has 6 heteroatoms. The summed E-state index contributed by atoms with van der Waals surface area (Å²) in [7, 11) is 0. The van der Waals surface area contributed by atoms with E-state index in [0.29, 0.717) is 13.3 Å². The lowest BCUT2D eigenvalue weighted by atomic mass is 10.9. The van der Waals surface area contributed by atoms with E-state index >= 15 is 0 Å². The van der Waals surface area contributed by atoms with Crippen molar-refractivity contribution in [2.45, 2.75) is 0 Å². The lowest BCUT2D eigenvalue weighted by molar-refractivity contribution is 0.154. The lowest BCUT2D eigenvalue weighted by Crippen LogP contribution is -2.41. The van der Waals surface area contributed by atoms with Gasteiger partial charge in [-0.1, -0.05) is 0 Å². The predicted octanol–water partition coefficient (Wildman–Crippen LogP) is -1.49. The van der Waals surface area contributed by atoms with Gasteiger partial charge in [0.2, 0.25) is 0 Å². The highest BCUT2D eigenvalue weighted by Gasteiger charge is 2.13. The average molecular weight is 140 g/mol. The summed E-state index contributed by atoms with van der Waals surface area (Å²) in [6.07, 6.45) is 3.44. The Morgan fingerprint density at radius 2 is 1.50 bits per heavy atom. The molecule has 2 N–H and O–H groups in total. The lowest BCUT2D eigenvalue weighted by Gasteiger charge is -2.22. The highest BCUT2D eigenvalue weighted by Crippen LogP contribution is 1.96. The molecular weight excluding hydrogens is 132 g/mol. The summed E-state index contributed by atoms with van der Waals surface area (Å²) in [5.74, 6) is 0. The van der Waals surface area contributed by atoms with Crippen LogP contribution in [0.5, 0.6) is 0 Å². The van der Waals surface area contributed by atoms with Gasteiger partial charge in [0.1, 0.15) is 26.0 Å². The molecule has 2 aliphatic rings. The van der Waals surface area contributed by atoms with E-state index in [-0.39, 0.29) is 0 Å². The summed E-state index contributed by atoms with van der Waals surface area (Å²) in [5, 5.41) is 11.5. The molecule has 0 saturated carbocycles. The van der Waals surface area contributed by atoms with E-state index < -0.39 is 0 Å². The standard InChI is InChI=1S/C4H8N6/c1-5-6-2-9(1)10-3-7-8-4-10/h1,3,6,8H,2,4H2. The molecule has 0 bridgehead atoms. The van der Waals surface area contributed by atoms with E-state index in [9.17, 15) is 0 Å². The number of hydrogen-bond donors (Lipinski definition) is 2. The summed E-state index contributed by atoms with van der Waals surface area (Å²) in [6, 6.07) is 0. The third-order valence-corrected chi connectivity index (χ3v) is 1.36. The number of hydrazine groups is 1. The molecule has 6 nitrogen and oxygen atoms in total. The monoisotopic (exact) mass is 140 g/mol. The van der Waals surface area contributed by atoms with Gasteiger partial charge in [0.25, 0.3) is 0 Å². The van der Waals surface area contributed by atoms with Crippen molar-refractivity contribution in [3.05, 3.63) is 0 Å². The normalized spacial score (nSPS) is 21.6. The van der Waals surface area contributed by atoms with Crippen molar-refractivity contribution in [2.75, 3.05) is 13.3 Å². The van der Waals surface area contributed by atoms with Crippen molar-refractivity contribution >= 4 is 12.7 Å². The van der Waals surface area contributed by atoms with Crippen molar-refractivity contribution in [3.8, 4) is 0 Å². The topological polar surface area (TPSA) is 55.3 Å². The van der Waals surface area contributed by atoms with Crippen molar-refractivity contribution in [1.82, 2.24) is 20.9 Å². The smallest absolute Gasteiger partial charge is 0.132 e. The number of nitrogens with one attached hydrogen (secondary N) is 2. The molecule has 0 amide bonds. The molecular formula is C4H8N6. The van der Waals surface area contributed by atoms with Crippen LogP contribution in [0.15, 0.2) is 10.2 Å². The van der Waals surface area contributed by atoms with Crippen LogP contribution in [-0.2, 0) is 0 Å². The highest BCUT2D eigenvalue weighted by atomic mass is 15.7. The molecule has 0 spiro atoms. The second-order valence-corrected chi connectivity index (χ2v) is 2.00. The van der Waals surface area contributed by atoms with Crippen LogP contribution < -0.4 is 10.9 Å². The minimum Gasteiger partial charge on any atom is -0.287 e. The van der Waals surface area contributed by atoms with Crippen LogP contribution in [0.25, 0.3) is 0 Å². The molecule has 2 heterocycles. The molecule has 2 rings (SSSR count). The largest absolute Gasteiger partial charge is 0.287 e. The zero-order valence-corrected chi connectivity index (χ0v) is 5.36. The third kappa shape index (κ3) is 0.734. The number of nitrogens with zero attached hydrogens (tertiary/aromatic N) is 4. The van der Waals surface area contributed by atoms with E-state index in [0.717, 1.165) is 0 Å². The van der Waals surface area contributed by atoms with Crippen LogP contribution in [0, 0.1) is 0 Å². The molecule has 0 aromatic rings. The fraction of sp³-hybridized carbons (Fsp3) is 0.500. The third-order valence-electron chi connectivity index (χ3n) is 1.36. The van der Waals surface area contributed by atoms with Gasteiger partial charge in [0, 0.05) is 0 Å². The van der Waals surface area contributed by atoms with Crippen molar-refractivity contribution in [1.29, 1.82) is 0 Å². The molecule has 0 unspecified atom stereocenters. The van der Waals surface area contributed by atoms with Crippen LogP contribution in [0.2, 0.25) is 0 Å².